The van der Waals surface area contributed by atoms with Crippen molar-refractivity contribution in [3.05, 3.63) is 0 Å². The van der Waals surface area contributed by atoms with Gasteiger partial charge in [0.1, 0.15) is 0 Å². The van der Waals surface area contributed by atoms with Crippen molar-refractivity contribution in [1.29, 1.82) is 0 Å². The molecule has 90 valence electrons. The molecule has 0 aromatic carbocycles. The molecule has 15 heavy (non-hydrogen) atoms. The monoisotopic (exact) mass is 236 g/mol. The Hall–Kier alpha value is -0.820. The lowest BCUT2D eigenvalue weighted by Gasteiger charge is -2.08. The molecule has 0 radical (unpaired) electrons. The number of aliphatic imine (C=N–C) groups is 1. The highest BCUT2D eigenvalue weighted by atomic mass is 32.2. The Morgan fingerprint density at radius 2 is 2.07 bits per heavy atom. The van der Waals surface area contributed by atoms with Gasteiger partial charge in [-0.2, -0.15) is 0 Å². The average molecular weight is 236 g/mol. The molecular formula is C8H20N4O2S. The SMILES string of the molecule is CC(C)NC(N)=NCCCNS(C)(=O)=O. The number of rotatable bonds is 6. The van der Waals surface area contributed by atoms with E-state index in [-0.39, 0.29) is 6.04 Å². The quantitative estimate of drug-likeness (QED) is 0.321. The maximum absolute atomic E-state index is 10.7. The Morgan fingerprint density at radius 1 is 1.47 bits per heavy atom. The number of nitrogens with one attached hydrogen (secondary N) is 2. The van der Waals surface area contributed by atoms with Crippen LogP contribution in [-0.2, 0) is 10.0 Å². The van der Waals surface area contributed by atoms with Gasteiger partial charge in [0.05, 0.1) is 6.26 Å². The molecule has 0 aromatic rings. The van der Waals surface area contributed by atoms with Crippen molar-refractivity contribution in [1.82, 2.24) is 10.0 Å². The second kappa shape index (κ2) is 6.62. The fourth-order valence-corrected chi connectivity index (χ4v) is 1.39. The fourth-order valence-electron chi connectivity index (χ4n) is 0.878. The molecule has 0 fully saturated rings. The summed E-state index contributed by atoms with van der Waals surface area (Å²) in [5.74, 6) is 0.393. The highest BCUT2D eigenvalue weighted by Crippen LogP contribution is 1.82. The number of guanidine groups is 1. The number of sulfonamides is 1. The summed E-state index contributed by atoms with van der Waals surface area (Å²) in [5.41, 5.74) is 5.54. The first-order chi connectivity index (χ1) is 6.81. The van der Waals surface area contributed by atoms with E-state index in [2.05, 4.69) is 15.0 Å². The van der Waals surface area contributed by atoms with E-state index in [9.17, 15) is 8.42 Å². The van der Waals surface area contributed by atoms with E-state index < -0.39 is 10.0 Å². The van der Waals surface area contributed by atoms with Gasteiger partial charge in [-0.15, -0.1) is 0 Å². The molecule has 0 aliphatic heterocycles. The third kappa shape index (κ3) is 11.1. The number of hydrogen-bond donors (Lipinski definition) is 3. The van der Waals surface area contributed by atoms with Crippen molar-refractivity contribution in [3.8, 4) is 0 Å². The van der Waals surface area contributed by atoms with Gasteiger partial charge in [0.15, 0.2) is 5.96 Å². The van der Waals surface area contributed by atoms with Crippen molar-refractivity contribution in [2.45, 2.75) is 26.3 Å². The molecule has 0 heterocycles. The number of hydrogen-bond acceptors (Lipinski definition) is 3. The van der Waals surface area contributed by atoms with Gasteiger partial charge in [0, 0.05) is 19.1 Å². The van der Waals surface area contributed by atoms with Crippen molar-refractivity contribution in [2.75, 3.05) is 19.3 Å². The van der Waals surface area contributed by atoms with Crippen LogP contribution in [0.2, 0.25) is 0 Å². The van der Waals surface area contributed by atoms with E-state index in [1.165, 1.54) is 0 Å². The highest BCUT2D eigenvalue weighted by molar-refractivity contribution is 7.88. The molecule has 0 saturated heterocycles. The average Bonchev–Trinajstić information content (AvgIpc) is 1.99. The van der Waals surface area contributed by atoms with Crippen molar-refractivity contribution >= 4 is 16.0 Å². The standard InChI is InChI=1S/C8H20N4O2S/c1-7(2)12-8(9)10-5-4-6-11-15(3,13)14/h7,11H,4-6H2,1-3H3,(H3,9,10,12). The van der Waals surface area contributed by atoms with Gasteiger partial charge in [-0.1, -0.05) is 0 Å². The second-order valence-corrected chi connectivity index (χ2v) is 5.42. The molecule has 0 aromatic heterocycles. The van der Waals surface area contributed by atoms with Gasteiger partial charge >= 0.3 is 0 Å². The van der Waals surface area contributed by atoms with Gasteiger partial charge in [-0.05, 0) is 20.3 Å². The molecule has 0 aliphatic rings. The molecule has 0 rings (SSSR count). The summed E-state index contributed by atoms with van der Waals surface area (Å²) in [4.78, 5) is 4.03. The Morgan fingerprint density at radius 3 is 2.53 bits per heavy atom. The van der Waals surface area contributed by atoms with Crippen LogP contribution >= 0.6 is 0 Å². The van der Waals surface area contributed by atoms with E-state index in [0.29, 0.717) is 25.5 Å². The Labute approximate surface area is 91.4 Å². The minimum absolute atomic E-state index is 0.253. The molecule has 0 saturated carbocycles. The largest absolute Gasteiger partial charge is 0.370 e. The zero-order valence-corrected chi connectivity index (χ0v) is 10.3. The summed E-state index contributed by atoms with van der Waals surface area (Å²) in [6, 6.07) is 0.253. The van der Waals surface area contributed by atoms with Crippen LogP contribution in [0.1, 0.15) is 20.3 Å². The molecule has 0 spiro atoms. The molecule has 6 nitrogen and oxygen atoms in total. The maximum atomic E-state index is 10.7. The Kier molecular flexibility index (Phi) is 6.26. The van der Waals surface area contributed by atoms with Crippen LogP contribution in [0.4, 0.5) is 0 Å². The zero-order valence-electron chi connectivity index (χ0n) is 9.45. The number of nitrogens with two attached hydrogens (primary N) is 1. The fraction of sp³-hybridized carbons (Fsp3) is 0.875. The van der Waals surface area contributed by atoms with Crippen LogP contribution in [0.15, 0.2) is 4.99 Å². The Balaban J connectivity index is 3.61. The van der Waals surface area contributed by atoms with Gasteiger partial charge in [-0.3, -0.25) is 4.99 Å². The van der Waals surface area contributed by atoms with Gasteiger partial charge < -0.3 is 11.1 Å². The van der Waals surface area contributed by atoms with Crippen molar-refractivity contribution in [3.63, 3.8) is 0 Å². The summed E-state index contributed by atoms with van der Waals surface area (Å²) >= 11 is 0. The summed E-state index contributed by atoms with van der Waals surface area (Å²) in [6.07, 6.45) is 1.76. The predicted octanol–water partition coefficient (Wildman–Crippen LogP) is -0.762. The molecule has 4 N–H and O–H groups in total. The van der Waals surface area contributed by atoms with E-state index >= 15 is 0 Å². The third-order valence-corrected chi connectivity index (χ3v) is 2.15. The summed E-state index contributed by atoms with van der Waals surface area (Å²) in [7, 11) is -3.09. The van der Waals surface area contributed by atoms with Gasteiger partial charge in [0.2, 0.25) is 10.0 Å². The first-order valence-corrected chi connectivity index (χ1v) is 6.71. The van der Waals surface area contributed by atoms with Gasteiger partial charge in [0.25, 0.3) is 0 Å². The smallest absolute Gasteiger partial charge is 0.208 e. The summed E-state index contributed by atoms with van der Waals surface area (Å²) in [6.45, 7) is 4.83. The lowest BCUT2D eigenvalue weighted by Crippen LogP contribution is -2.37. The second-order valence-electron chi connectivity index (χ2n) is 3.59. The normalized spacial score (nSPS) is 13.2. The Bertz CT molecular complexity index is 298. The third-order valence-electron chi connectivity index (χ3n) is 1.42. The zero-order chi connectivity index (χ0) is 11.9. The minimum atomic E-state index is -3.09. The van der Waals surface area contributed by atoms with Crippen LogP contribution in [0.5, 0.6) is 0 Å². The van der Waals surface area contributed by atoms with Crippen LogP contribution in [-0.4, -0.2) is 39.8 Å². The molecule has 0 unspecified atom stereocenters. The first-order valence-electron chi connectivity index (χ1n) is 4.82. The lowest BCUT2D eigenvalue weighted by molar-refractivity contribution is 0.585. The summed E-state index contributed by atoms with van der Waals surface area (Å²) in [5, 5.41) is 2.94. The molecular weight excluding hydrogens is 216 g/mol. The molecule has 7 heteroatoms. The van der Waals surface area contributed by atoms with E-state index in [1.807, 2.05) is 13.8 Å². The van der Waals surface area contributed by atoms with Crippen LogP contribution < -0.4 is 15.8 Å². The highest BCUT2D eigenvalue weighted by Gasteiger charge is 1.98. The van der Waals surface area contributed by atoms with Crippen molar-refractivity contribution in [2.24, 2.45) is 10.7 Å². The molecule has 0 atom stereocenters. The van der Waals surface area contributed by atoms with Crippen molar-refractivity contribution < 1.29 is 8.42 Å². The van der Waals surface area contributed by atoms with E-state index in [1.54, 1.807) is 0 Å². The summed E-state index contributed by atoms with van der Waals surface area (Å²) < 4.78 is 23.8. The molecule has 0 bridgehead atoms. The maximum Gasteiger partial charge on any atom is 0.208 e. The molecule has 0 amide bonds. The van der Waals surface area contributed by atoms with Crippen LogP contribution in [0.3, 0.4) is 0 Å². The predicted molar refractivity (Wildman–Crippen MR) is 62.2 cm³/mol. The lowest BCUT2D eigenvalue weighted by atomic mass is 10.4. The topological polar surface area (TPSA) is 96.6 Å². The first kappa shape index (κ1) is 14.2. The van der Waals surface area contributed by atoms with Crippen LogP contribution in [0, 0.1) is 0 Å². The van der Waals surface area contributed by atoms with Gasteiger partial charge in [-0.25, -0.2) is 13.1 Å². The van der Waals surface area contributed by atoms with Crippen LogP contribution in [0.25, 0.3) is 0 Å². The molecule has 0 aliphatic carbocycles. The number of nitrogens with zero attached hydrogens (tertiary/aromatic N) is 1. The van der Waals surface area contributed by atoms with E-state index in [4.69, 9.17) is 5.73 Å². The minimum Gasteiger partial charge on any atom is -0.370 e. The van der Waals surface area contributed by atoms with E-state index in [0.717, 1.165) is 6.26 Å².